The molecule has 9 heteroatoms. The minimum atomic E-state index is -2.86. The lowest BCUT2D eigenvalue weighted by molar-refractivity contribution is 0.0944. The van der Waals surface area contributed by atoms with Gasteiger partial charge in [0.05, 0.1) is 22.8 Å². The van der Waals surface area contributed by atoms with Gasteiger partial charge in [-0.15, -0.1) is 0 Å². The van der Waals surface area contributed by atoms with Crippen molar-refractivity contribution in [3.8, 4) is 11.8 Å². The van der Waals surface area contributed by atoms with Crippen LogP contribution in [0.1, 0.15) is 66.1 Å². The van der Waals surface area contributed by atoms with Crippen LogP contribution in [0.2, 0.25) is 5.02 Å². The molecular formula is C22H24ClF2N5O. The van der Waals surface area contributed by atoms with Crippen molar-refractivity contribution in [1.29, 1.82) is 0 Å². The zero-order valence-corrected chi connectivity index (χ0v) is 18.6. The Morgan fingerprint density at radius 3 is 2.71 bits per heavy atom. The van der Waals surface area contributed by atoms with E-state index in [-0.39, 0.29) is 18.2 Å². The highest BCUT2D eigenvalue weighted by Crippen LogP contribution is 2.28. The maximum absolute atomic E-state index is 13.3. The SMILES string of the molecule is Cc1c(C(=O)NCC(=NC(C)C)c2ncc(C#CC3CC3)cc2Cl)c(C(F)F)nn1C. The van der Waals surface area contributed by atoms with E-state index in [9.17, 15) is 13.6 Å². The molecule has 0 radical (unpaired) electrons. The molecule has 2 aromatic rings. The van der Waals surface area contributed by atoms with Crippen molar-refractivity contribution in [3.05, 3.63) is 45.5 Å². The van der Waals surface area contributed by atoms with Gasteiger partial charge < -0.3 is 5.32 Å². The number of carbonyl (C=O) groups is 1. The quantitative estimate of drug-likeness (QED) is 0.535. The van der Waals surface area contributed by atoms with Gasteiger partial charge in [-0.3, -0.25) is 19.5 Å². The fourth-order valence-electron chi connectivity index (χ4n) is 2.95. The molecule has 1 fully saturated rings. The summed E-state index contributed by atoms with van der Waals surface area (Å²) in [6.07, 6.45) is 1.01. The molecule has 0 aromatic carbocycles. The maximum Gasteiger partial charge on any atom is 0.282 e. The molecule has 1 amide bonds. The summed E-state index contributed by atoms with van der Waals surface area (Å²) in [5.74, 6) is 6.03. The summed E-state index contributed by atoms with van der Waals surface area (Å²) in [6, 6.07) is 1.63. The molecule has 31 heavy (non-hydrogen) atoms. The average molecular weight is 448 g/mol. The Labute approximate surface area is 185 Å². The highest BCUT2D eigenvalue weighted by Gasteiger charge is 2.26. The second-order valence-electron chi connectivity index (χ2n) is 7.72. The van der Waals surface area contributed by atoms with E-state index in [4.69, 9.17) is 11.6 Å². The molecule has 2 aromatic heterocycles. The van der Waals surface area contributed by atoms with Crippen molar-refractivity contribution >= 4 is 23.2 Å². The van der Waals surface area contributed by atoms with Crippen molar-refractivity contribution in [2.24, 2.45) is 18.0 Å². The smallest absolute Gasteiger partial charge is 0.282 e. The number of hydrogen-bond donors (Lipinski definition) is 1. The van der Waals surface area contributed by atoms with Crippen LogP contribution in [-0.2, 0) is 7.05 Å². The molecular weight excluding hydrogens is 424 g/mol. The Morgan fingerprint density at radius 2 is 2.13 bits per heavy atom. The lowest BCUT2D eigenvalue weighted by Gasteiger charge is -2.12. The number of halogens is 3. The predicted molar refractivity (Wildman–Crippen MR) is 116 cm³/mol. The van der Waals surface area contributed by atoms with Crippen molar-refractivity contribution < 1.29 is 13.6 Å². The fourth-order valence-corrected chi connectivity index (χ4v) is 3.23. The molecule has 1 aliphatic rings. The number of carbonyl (C=O) groups excluding carboxylic acids is 1. The highest BCUT2D eigenvalue weighted by atomic mass is 35.5. The summed E-state index contributed by atoms with van der Waals surface area (Å²) in [7, 11) is 1.51. The van der Waals surface area contributed by atoms with E-state index in [1.165, 1.54) is 11.7 Å². The summed E-state index contributed by atoms with van der Waals surface area (Å²) >= 11 is 6.43. The molecule has 0 unspecified atom stereocenters. The second-order valence-corrected chi connectivity index (χ2v) is 8.13. The minimum absolute atomic E-state index is 0.0200. The molecule has 0 spiro atoms. The van der Waals surface area contributed by atoms with E-state index < -0.39 is 18.0 Å². The number of amides is 1. The number of nitrogens with one attached hydrogen (secondary N) is 1. The average Bonchev–Trinajstić information content (AvgIpc) is 3.48. The predicted octanol–water partition coefficient (Wildman–Crippen LogP) is 4.10. The van der Waals surface area contributed by atoms with Crippen LogP contribution in [0.5, 0.6) is 0 Å². The number of alkyl halides is 2. The summed E-state index contributed by atoms with van der Waals surface area (Å²) in [5, 5.41) is 6.77. The Bertz CT molecular complexity index is 1080. The first kappa shape index (κ1) is 22.9. The van der Waals surface area contributed by atoms with Crippen LogP contribution in [0.25, 0.3) is 0 Å². The summed E-state index contributed by atoms with van der Waals surface area (Å²) in [5.41, 5.74) is 1.26. The summed E-state index contributed by atoms with van der Waals surface area (Å²) < 4.78 is 27.9. The monoisotopic (exact) mass is 447 g/mol. The number of rotatable bonds is 6. The third-order valence-corrected chi connectivity index (χ3v) is 5.03. The molecule has 1 N–H and O–H groups in total. The van der Waals surface area contributed by atoms with Crippen LogP contribution < -0.4 is 5.32 Å². The van der Waals surface area contributed by atoms with E-state index in [1.54, 1.807) is 19.2 Å². The third kappa shape index (κ3) is 5.67. The summed E-state index contributed by atoms with van der Waals surface area (Å²) in [4.78, 5) is 21.6. The minimum Gasteiger partial charge on any atom is -0.346 e. The van der Waals surface area contributed by atoms with Gasteiger partial charge in [0.15, 0.2) is 0 Å². The van der Waals surface area contributed by atoms with E-state index in [0.717, 1.165) is 12.8 Å². The highest BCUT2D eigenvalue weighted by molar-refractivity contribution is 6.34. The van der Waals surface area contributed by atoms with Crippen molar-refractivity contribution in [2.75, 3.05) is 6.54 Å². The number of pyridine rings is 1. The largest absolute Gasteiger partial charge is 0.346 e. The number of aromatic nitrogens is 3. The molecule has 3 rings (SSSR count). The lowest BCUT2D eigenvalue weighted by Crippen LogP contribution is -2.32. The van der Waals surface area contributed by atoms with Crippen molar-refractivity contribution in [1.82, 2.24) is 20.1 Å². The molecule has 0 aliphatic heterocycles. The van der Waals surface area contributed by atoms with E-state index >= 15 is 0 Å². The van der Waals surface area contributed by atoms with Gasteiger partial charge >= 0.3 is 0 Å². The topological polar surface area (TPSA) is 72.2 Å². The van der Waals surface area contributed by atoms with Crippen LogP contribution in [0.15, 0.2) is 17.3 Å². The number of aryl methyl sites for hydroxylation is 1. The zero-order chi connectivity index (χ0) is 22.7. The van der Waals surface area contributed by atoms with Gasteiger partial charge in [-0.05, 0) is 39.7 Å². The third-order valence-electron chi connectivity index (χ3n) is 4.74. The normalized spacial score (nSPS) is 14.0. The Balaban J connectivity index is 1.82. The lowest BCUT2D eigenvalue weighted by atomic mass is 10.1. The van der Waals surface area contributed by atoms with E-state index in [0.29, 0.717) is 33.6 Å². The molecule has 0 atom stereocenters. The first-order valence-corrected chi connectivity index (χ1v) is 10.4. The molecule has 1 saturated carbocycles. The van der Waals surface area contributed by atoms with Gasteiger partial charge in [0, 0.05) is 36.5 Å². The number of hydrogen-bond acceptors (Lipinski definition) is 4. The van der Waals surface area contributed by atoms with Crippen LogP contribution in [-0.4, -0.2) is 39.0 Å². The molecule has 6 nitrogen and oxygen atoms in total. The molecule has 2 heterocycles. The van der Waals surface area contributed by atoms with Gasteiger partial charge in [-0.25, -0.2) is 8.78 Å². The van der Waals surface area contributed by atoms with Gasteiger partial charge in [-0.1, -0.05) is 23.4 Å². The van der Waals surface area contributed by atoms with E-state index in [1.807, 2.05) is 13.8 Å². The second kappa shape index (κ2) is 9.56. The Hall–Kier alpha value is -2.79. The van der Waals surface area contributed by atoms with E-state index in [2.05, 4.69) is 32.2 Å². The van der Waals surface area contributed by atoms with Gasteiger partial charge in [-0.2, -0.15) is 5.10 Å². The van der Waals surface area contributed by atoms with Crippen LogP contribution in [0, 0.1) is 24.7 Å². The van der Waals surface area contributed by atoms with Crippen molar-refractivity contribution in [3.63, 3.8) is 0 Å². The van der Waals surface area contributed by atoms with Crippen molar-refractivity contribution in [2.45, 2.75) is 46.1 Å². The van der Waals surface area contributed by atoms with Gasteiger partial charge in [0.25, 0.3) is 12.3 Å². The first-order chi connectivity index (χ1) is 14.7. The maximum atomic E-state index is 13.3. The van der Waals surface area contributed by atoms with Crippen LogP contribution >= 0.6 is 11.6 Å². The number of nitrogens with zero attached hydrogens (tertiary/aromatic N) is 4. The zero-order valence-electron chi connectivity index (χ0n) is 17.8. The number of aliphatic imine (C=N–C) groups is 1. The molecule has 1 aliphatic carbocycles. The fraction of sp³-hybridized carbons (Fsp3) is 0.455. The van der Waals surface area contributed by atoms with Crippen LogP contribution in [0.3, 0.4) is 0 Å². The molecule has 164 valence electrons. The summed E-state index contributed by atoms with van der Waals surface area (Å²) in [6.45, 7) is 5.31. The van der Waals surface area contributed by atoms with Gasteiger partial charge in [0.2, 0.25) is 0 Å². The molecule has 0 bridgehead atoms. The standard InChI is InChI=1S/C22H24ClF2N5O/c1-12(2)28-17(19-16(23)9-15(10-26-19)8-7-14-5-6-14)11-27-22(31)18-13(3)30(4)29-20(18)21(24)25/h9-10,12,14,21H,5-6,11H2,1-4H3,(H,27,31). The Morgan fingerprint density at radius 1 is 1.42 bits per heavy atom. The first-order valence-electron chi connectivity index (χ1n) is 10.0. The van der Waals surface area contributed by atoms with Crippen LogP contribution in [0.4, 0.5) is 8.78 Å². The molecule has 0 saturated heterocycles. The van der Waals surface area contributed by atoms with Gasteiger partial charge in [0.1, 0.15) is 11.4 Å². The Kier molecular flexibility index (Phi) is 7.06.